The predicted molar refractivity (Wildman–Crippen MR) is 58.6 cm³/mol. The van der Waals surface area contributed by atoms with Gasteiger partial charge in [0.15, 0.2) is 0 Å². The summed E-state index contributed by atoms with van der Waals surface area (Å²) in [5.41, 5.74) is 0. The Hall–Kier alpha value is -1.36. The number of likely N-dealkylation sites (tertiary alicyclic amines) is 1. The molecule has 0 aliphatic carbocycles. The van der Waals surface area contributed by atoms with Gasteiger partial charge in [0.2, 0.25) is 5.91 Å². The first-order chi connectivity index (χ1) is 7.68. The standard InChI is InChI=1S/C11H17N3O2/c1-13-7-4-12-11(13)9(15)8-10(16)14-5-2-3-6-14/h4,7,9,15H,2-3,5-6,8H2,1H3. The Morgan fingerprint density at radius 1 is 1.56 bits per heavy atom. The van der Waals surface area contributed by atoms with Crippen LogP contribution in [0.4, 0.5) is 0 Å². The maximum atomic E-state index is 11.8. The second-order valence-electron chi connectivity index (χ2n) is 4.20. The Bertz CT molecular complexity index is 369. The van der Waals surface area contributed by atoms with E-state index in [2.05, 4.69) is 4.98 Å². The topological polar surface area (TPSA) is 58.4 Å². The van der Waals surface area contributed by atoms with Gasteiger partial charge in [0.25, 0.3) is 0 Å². The second-order valence-corrected chi connectivity index (χ2v) is 4.20. The molecule has 1 unspecified atom stereocenters. The number of imidazole rings is 1. The van der Waals surface area contributed by atoms with Crippen LogP contribution in [-0.2, 0) is 11.8 Å². The smallest absolute Gasteiger partial charge is 0.225 e. The molecule has 88 valence electrons. The molecule has 0 saturated carbocycles. The van der Waals surface area contributed by atoms with Crippen molar-refractivity contribution in [3.8, 4) is 0 Å². The van der Waals surface area contributed by atoms with E-state index in [1.54, 1.807) is 17.0 Å². The van der Waals surface area contributed by atoms with Crippen molar-refractivity contribution in [2.24, 2.45) is 7.05 Å². The number of aryl methyl sites for hydroxylation is 1. The highest BCUT2D eigenvalue weighted by molar-refractivity contribution is 5.77. The monoisotopic (exact) mass is 223 g/mol. The molecule has 1 aromatic rings. The number of hydrogen-bond donors (Lipinski definition) is 1. The number of hydrogen-bond acceptors (Lipinski definition) is 3. The molecule has 1 aliphatic rings. The van der Waals surface area contributed by atoms with Crippen LogP contribution >= 0.6 is 0 Å². The Morgan fingerprint density at radius 2 is 2.25 bits per heavy atom. The molecule has 1 aliphatic heterocycles. The van der Waals surface area contributed by atoms with Crippen molar-refractivity contribution >= 4 is 5.91 Å². The zero-order chi connectivity index (χ0) is 11.5. The van der Waals surface area contributed by atoms with Crippen LogP contribution < -0.4 is 0 Å². The highest BCUT2D eigenvalue weighted by Crippen LogP contribution is 2.17. The molecule has 1 N–H and O–H groups in total. The minimum absolute atomic E-state index is 0.0213. The number of nitrogens with zero attached hydrogens (tertiary/aromatic N) is 3. The Morgan fingerprint density at radius 3 is 2.81 bits per heavy atom. The fourth-order valence-electron chi connectivity index (χ4n) is 2.05. The number of aliphatic hydroxyl groups is 1. The lowest BCUT2D eigenvalue weighted by molar-refractivity contribution is -0.132. The van der Waals surface area contributed by atoms with E-state index >= 15 is 0 Å². The average molecular weight is 223 g/mol. The fraction of sp³-hybridized carbons (Fsp3) is 0.636. The van der Waals surface area contributed by atoms with Gasteiger partial charge in [-0.2, -0.15) is 0 Å². The number of aliphatic hydroxyl groups excluding tert-OH is 1. The number of rotatable bonds is 3. The van der Waals surface area contributed by atoms with Crippen LogP contribution in [0.2, 0.25) is 0 Å². The Labute approximate surface area is 94.7 Å². The van der Waals surface area contributed by atoms with E-state index in [0.717, 1.165) is 25.9 Å². The fourth-order valence-corrected chi connectivity index (χ4v) is 2.05. The van der Waals surface area contributed by atoms with E-state index in [0.29, 0.717) is 5.82 Å². The zero-order valence-electron chi connectivity index (χ0n) is 9.46. The molecule has 5 heteroatoms. The number of aromatic nitrogens is 2. The van der Waals surface area contributed by atoms with Gasteiger partial charge in [-0.3, -0.25) is 4.79 Å². The summed E-state index contributed by atoms with van der Waals surface area (Å²) in [5, 5.41) is 9.89. The summed E-state index contributed by atoms with van der Waals surface area (Å²) in [5.74, 6) is 0.570. The van der Waals surface area contributed by atoms with Gasteiger partial charge in [-0.25, -0.2) is 4.98 Å². The van der Waals surface area contributed by atoms with E-state index in [-0.39, 0.29) is 12.3 Å². The van der Waals surface area contributed by atoms with Crippen LogP contribution in [0.25, 0.3) is 0 Å². The molecule has 1 fully saturated rings. The Balaban J connectivity index is 1.94. The zero-order valence-corrected chi connectivity index (χ0v) is 9.46. The first-order valence-electron chi connectivity index (χ1n) is 5.61. The number of amides is 1. The van der Waals surface area contributed by atoms with Crippen molar-refractivity contribution in [2.45, 2.75) is 25.4 Å². The van der Waals surface area contributed by atoms with Gasteiger partial charge >= 0.3 is 0 Å². The summed E-state index contributed by atoms with van der Waals surface area (Å²) < 4.78 is 1.74. The van der Waals surface area contributed by atoms with Gasteiger partial charge in [-0.05, 0) is 12.8 Å². The van der Waals surface area contributed by atoms with Crippen molar-refractivity contribution in [2.75, 3.05) is 13.1 Å². The third kappa shape index (κ3) is 2.24. The number of carbonyl (C=O) groups is 1. The highest BCUT2D eigenvalue weighted by atomic mass is 16.3. The Kier molecular flexibility index (Phi) is 3.24. The lowest BCUT2D eigenvalue weighted by Gasteiger charge is -2.17. The third-order valence-electron chi connectivity index (χ3n) is 2.98. The molecule has 0 bridgehead atoms. The van der Waals surface area contributed by atoms with Crippen LogP contribution in [0.3, 0.4) is 0 Å². The van der Waals surface area contributed by atoms with Crippen LogP contribution in [-0.4, -0.2) is 38.6 Å². The molecule has 1 aromatic heterocycles. The highest BCUT2D eigenvalue weighted by Gasteiger charge is 2.23. The molecule has 2 heterocycles. The van der Waals surface area contributed by atoms with E-state index in [1.165, 1.54) is 0 Å². The van der Waals surface area contributed by atoms with Gasteiger partial charge in [-0.1, -0.05) is 0 Å². The van der Waals surface area contributed by atoms with Crippen molar-refractivity contribution in [3.63, 3.8) is 0 Å². The van der Waals surface area contributed by atoms with Crippen molar-refractivity contribution < 1.29 is 9.90 Å². The molecular formula is C11H17N3O2. The van der Waals surface area contributed by atoms with E-state index < -0.39 is 6.10 Å². The molecule has 1 amide bonds. The van der Waals surface area contributed by atoms with E-state index in [1.807, 2.05) is 11.9 Å². The molecule has 2 rings (SSSR count). The summed E-state index contributed by atoms with van der Waals surface area (Å²) in [6.07, 6.45) is 4.87. The van der Waals surface area contributed by atoms with Crippen molar-refractivity contribution in [1.29, 1.82) is 0 Å². The molecule has 0 aromatic carbocycles. The SMILES string of the molecule is Cn1ccnc1C(O)CC(=O)N1CCCC1. The van der Waals surface area contributed by atoms with Crippen LogP contribution in [0.1, 0.15) is 31.2 Å². The first kappa shape index (κ1) is 11.1. The lowest BCUT2D eigenvalue weighted by Crippen LogP contribution is -2.29. The van der Waals surface area contributed by atoms with Crippen LogP contribution in [0, 0.1) is 0 Å². The van der Waals surface area contributed by atoms with E-state index in [4.69, 9.17) is 0 Å². The summed E-state index contributed by atoms with van der Waals surface area (Å²) in [6, 6.07) is 0. The molecule has 0 radical (unpaired) electrons. The first-order valence-corrected chi connectivity index (χ1v) is 5.61. The molecule has 16 heavy (non-hydrogen) atoms. The van der Waals surface area contributed by atoms with Gasteiger partial charge in [0.1, 0.15) is 11.9 Å². The van der Waals surface area contributed by atoms with Crippen molar-refractivity contribution in [3.05, 3.63) is 18.2 Å². The minimum Gasteiger partial charge on any atom is -0.385 e. The average Bonchev–Trinajstić information content (AvgIpc) is 2.86. The second kappa shape index (κ2) is 4.65. The maximum Gasteiger partial charge on any atom is 0.225 e. The molecule has 0 spiro atoms. The molecule has 1 saturated heterocycles. The van der Waals surface area contributed by atoms with E-state index in [9.17, 15) is 9.90 Å². The van der Waals surface area contributed by atoms with Gasteiger partial charge in [0.05, 0.1) is 6.42 Å². The van der Waals surface area contributed by atoms with Crippen LogP contribution in [0.15, 0.2) is 12.4 Å². The van der Waals surface area contributed by atoms with Gasteiger partial charge < -0.3 is 14.6 Å². The number of carbonyl (C=O) groups excluding carboxylic acids is 1. The normalized spacial score (nSPS) is 17.8. The molecular weight excluding hydrogens is 206 g/mol. The minimum atomic E-state index is -0.798. The largest absolute Gasteiger partial charge is 0.385 e. The summed E-state index contributed by atoms with van der Waals surface area (Å²) in [4.78, 5) is 17.6. The quantitative estimate of drug-likeness (QED) is 0.810. The van der Waals surface area contributed by atoms with Gasteiger partial charge in [0, 0.05) is 32.5 Å². The molecule has 1 atom stereocenters. The van der Waals surface area contributed by atoms with Gasteiger partial charge in [-0.15, -0.1) is 0 Å². The lowest BCUT2D eigenvalue weighted by atomic mass is 10.2. The maximum absolute atomic E-state index is 11.8. The van der Waals surface area contributed by atoms with Crippen molar-refractivity contribution in [1.82, 2.24) is 14.5 Å². The predicted octanol–water partition coefficient (Wildman–Crippen LogP) is 0.466. The molecule has 5 nitrogen and oxygen atoms in total. The van der Waals surface area contributed by atoms with Crippen LogP contribution in [0.5, 0.6) is 0 Å². The summed E-state index contributed by atoms with van der Waals surface area (Å²) in [7, 11) is 1.81. The summed E-state index contributed by atoms with van der Waals surface area (Å²) >= 11 is 0. The summed E-state index contributed by atoms with van der Waals surface area (Å²) in [6.45, 7) is 1.65. The third-order valence-corrected chi connectivity index (χ3v) is 2.98.